The molecule has 0 aromatic rings. The summed E-state index contributed by atoms with van der Waals surface area (Å²) in [5.74, 6) is 1.19. The maximum Gasteiger partial charge on any atom is 0.239 e. The molecule has 1 atom stereocenters. The van der Waals surface area contributed by atoms with Crippen molar-refractivity contribution in [1.82, 2.24) is 10.0 Å². The Morgan fingerprint density at radius 1 is 1.57 bits per heavy atom. The highest BCUT2D eigenvalue weighted by Gasteiger charge is 2.21. The van der Waals surface area contributed by atoms with E-state index in [9.17, 15) is 4.79 Å². The minimum absolute atomic E-state index is 0.0876. The fourth-order valence-corrected chi connectivity index (χ4v) is 2.20. The standard InChI is InChI=1S/C10H19N2OS/c1-2-3-4-7-11-10(13)9-6-5-8-14-12-9/h9H,2-8H2,1H3,(H,11,13). The number of unbranched alkanes of at least 4 members (excludes halogenated alkanes) is 2. The molecule has 1 unspecified atom stereocenters. The minimum Gasteiger partial charge on any atom is -0.355 e. The zero-order valence-electron chi connectivity index (χ0n) is 8.79. The summed E-state index contributed by atoms with van der Waals surface area (Å²) in [6.45, 7) is 2.97. The van der Waals surface area contributed by atoms with Gasteiger partial charge < -0.3 is 5.32 Å². The van der Waals surface area contributed by atoms with Crippen LogP contribution in [-0.4, -0.2) is 24.2 Å². The summed E-state index contributed by atoms with van der Waals surface area (Å²) < 4.78 is 4.23. The van der Waals surface area contributed by atoms with Gasteiger partial charge in [0.05, 0.1) is 0 Å². The number of carbonyl (C=O) groups excluding carboxylic acids is 1. The van der Waals surface area contributed by atoms with E-state index in [2.05, 4.69) is 17.0 Å². The Bertz CT molecular complexity index is 170. The highest BCUT2D eigenvalue weighted by molar-refractivity contribution is 7.97. The first-order valence-electron chi connectivity index (χ1n) is 5.44. The average Bonchev–Trinajstić information content (AvgIpc) is 2.25. The van der Waals surface area contributed by atoms with Crippen molar-refractivity contribution in [3.8, 4) is 0 Å². The van der Waals surface area contributed by atoms with Gasteiger partial charge in [-0.3, -0.25) is 4.79 Å². The number of hydrogen-bond acceptors (Lipinski definition) is 2. The SMILES string of the molecule is CCCCCNC(=O)C1CCCS[N]1. The number of amides is 1. The van der Waals surface area contributed by atoms with Crippen LogP contribution in [0.15, 0.2) is 0 Å². The zero-order chi connectivity index (χ0) is 10.2. The molecule has 0 bridgehead atoms. The molecule has 0 spiro atoms. The fourth-order valence-electron chi connectivity index (χ4n) is 1.42. The molecule has 1 radical (unpaired) electrons. The Morgan fingerprint density at radius 3 is 3.07 bits per heavy atom. The lowest BCUT2D eigenvalue weighted by Gasteiger charge is -2.19. The van der Waals surface area contributed by atoms with E-state index in [1.807, 2.05) is 0 Å². The van der Waals surface area contributed by atoms with Crippen molar-refractivity contribution in [2.45, 2.75) is 45.1 Å². The molecule has 81 valence electrons. The van der Waals surface area contributed by atoms with Gasteiger partial charge in [-0.25, -0.2) is 0 Å². The second kappa shape index (κ2) is 7.12. The highest BCUT2D eigenvalue weighted by atomic mass is 32.2. The van der Waals surface area contributed by atoms with Crippen molar-refractivity contribution in [3.05, 3.63) is 0 Å². The van der Waals surface area contributed by atoms with Crippen LogP contribution in [0.4, 0.5) is 0 Å². The van der Waals surface area contributed by atoms with E-state index < -0.39 is 0 Å². The van der Waals surface area contributed by atoms with Gasteiger partial charge in [-0.15, -0.1) is 0 Å². The smallest absolute Gasteiger partial charge is 0.239 e. The molecule has 14 heavy (non-hydrogen) atoms. The lowest BCUT2D eigenvalue weighted by atomic mass is 10.1. The van der Waals surface area contributed by atoms with Gasteiger partial charge >= 0.3 is 0 Å². The van der Waals surface area contributed by atoms with E-state index in [0.29, 0.717) is 0 Å². The molecule has 1 N–H and O–H groups in total. The molecular weight excluding hydrogens is 196 g/mol. The molecular formula is C10H19N2OS. The molecule has 0 aromatic heterocycles. The van der Waals surface area contributed by atoms with Gasteiger partial charge in [0, 0.05) is 12.3 Å². The lowest BCUT2D eigenvalue weighted by molar-refractivity contribution is -0.122. The van der Waals surface area contributed by atoms with Crippen molar-refractivity contribution in [2.24, 2.45) is 0 Å². The van der Waals surface area contributed by atoms with Crippen molar-refractivity contribution in [1.29, 1.82) is 0 Å². The molecule has 3 nitrogen and oxygen atoms in total. The molecule has 1 amide bonds. The number of nitrogens with one attached hydrogen (secondary N) is 1. The highest BCUT2D eigenvalue weighted by Crippen LogP contribution is 2.15. The van der Waals surface area contributed by atoms with Gasteiger partial charge in [0.2, 0.25) is 5.91 Å². The Hall–Kier alpha value is -0.220. The van der Waals surface area contributed by atoms with E-state index in [4.69, 9.17) is 0 Å². The summed E-state index contributed by atoms with van der Waals surface area (Å²) in [6.07, 6.45) is 5.51. The predicted molar refractivity (Wildman–Crippen MR) is 60.1 cm³/mol. The molecule has 1 fully saturated rings. The van der Waals surface area contributed by atoms with Crippen molar-refractivity contribution >= 4 is 17.9 Å². The number of rotatable bonds is 5. The Balaban J connectivity index is 2.07. The second-order valence-corrected chi connectivity index (χ2v) is 4.47. The van der Waals surface area contributed by atoms with Crippen LogP contribution in [0, 0.1) is 0 Å². The molecule has 4 heteroatoms. The van der Waals surface area contributed by atoms with Crippen LogP contribution in [-0.2, 0) is 4.79 Å². The van der Waals surface area contributed by atoms with Crippen LogP contribution in [0.25, 0.3) is 0 Å². The first-order valence-corrected chi connectivity index (χ1v) is 6.38. The van der Waals surface area contributed by atoms with E-state index in [0.717, 1.165) is 31.6 Å². The second-order valence-electron chi connectivity index (χ2n) is 3.59. The van der Waals surface area contributed by atoms with E-state index >= 15 is 0 Å². The van der Waals surface area contributed by atoms with Gasteiger partial charge in [-0.05, 0) is 19.3 Å². The maximum absolute atomic E-state index is 11.5. The molecule has 0 saturated carbocycles. The summed E-state index contributed by atoms with van der Waals surface area (Å²) >= 11 is 1.54. The van der Waals surface area contributed by atoms with Gasteiger partial charge in [0.25, 0.3) is 0 Å². The van der Waals surface area contributed by atoms with Gasteiger partial charge in [0.15, 0.2) is 0 Å². The molecule has 0 aliphatic carbocycles. The van der Waals surface area contributed by atoms with Crippen molar-refractivity contribution in [2.75, 3.05) is 12.3 Å². The fraction of sp³-hybridized carbons (Fsp3) is 0.900. The zero-order valence-corrected chi connectivity index (χ0v) is 9.61. The van der Waals surface area contributed by atoms with Gasteiger partial charge in [0.1, 0.15) is 6.04 Å². The summed E-state index contributed by atoms with van der Waals surface area (Å²) in [5, 5.41) is 2.94. The van der Waals surface area contributed by atoms with Gasteiger partial charge in [-0.2, -0.15) is 4.72 Å². The predicted octanol–water partition coefficient (Wildman–Crippen LogP) is 1.71. The minimum atomic E-state index is -0.0876. The largest absolute Gasteiger partial charge is 0.355 e. The maximum atomic E-state index is 11.5. The monoisotopic (exact) mass is 215 g/mol. The first kappa shape index (κ1) is 11.9. The van der Waals surface area contributed by atoms with E-state index in [1.54, 1.807) is 0 Å². The Kier molecular flexibility index (Phi) is 6.03. The van der Waals surface area contributed by atoms with E-state index in [-0.39, 0.29) is 11.9 Å². The van der Waals surface area contributed by atoms with Crippen molar-refractivity contribution < 1.29 is 4.79 Å². The molecule has 1 saturated heterocycles. The summed E-state index contributed by atoms with van der Waals surface area (Å²) in [4.78, 5) is 11.5. The summed E-state index contributed by atoms with van der Waals surface area (Å²) in [6, 6.07) is -0.0876. The van der Waals surface area contributed by atoms with E-state index in [1.165, 1.54) is 24.8 Å². The molecule has 1 heterocycles. The quantitative estimate of drug-likeness (QED) is 0.560. The van der Waals surface area contributed by atoms with Crippen LogP contribution in [0.2, 0.25) is 0 Å². The number of hydrogen-bond donors (Lipinski definition) is 1. The van der Waals surface area contributed by atoms with Crippen LogP contribution >= 0.6 is 11.9 Å². The van der Waals surface area contributed by atoms with Crippen LogP contribution < -0.4 is 10.0 Å². The van der Waals surface area contributed by atoms with Crippen LogP contribution in [0.1, 0.15) is 39.0 Å². The molecule has 0 aromatic carbocycles. The van der Waals surface area contributed by atoms with Crippen LogP contribution in [0.3, 0.4) is 0 Å². The average molecular weight is 215 g/mol. The topological polar surface area (TPSA) is 43.2 Å². The summed E-state index contributed by atoms with van der Waals surface area (Å²) in [7, 11) is 0. The Labute approximate surface area is 90.5 Å². The number of carbonyl (C=O) groups is 1. The third-order valence-electron chi connectivity index (χ3n) is 2.30. The molecule has 1 aliphatic rings. The lowest BCUT2D eigenvalue weighted by Crippen LogP contribution is -2.40. The third-order valence-corrected chi connectivity index (χ3v) is 3.17. The molecule has 1 rings (SSSR count). The first-order chi connectivity index (χ1) is 6.84. The van der Waals surface area contributed by atoms with Crippen LogP contribution in [0.5, 0.6) is 0 Å². The number of nitrogens with zero attached hydrogens (tertiary/aromatic N) is 1. The van der Waals surface area contributed by atoms with Crippen molar-refractivity contribution in [3.63, 3.8) is 0 Å². The molecule has 1 aliphatic heterocycles. The normalized spacial score (nSPS) is 21.9. The Morgan fingerprint density at radius 2 is 2.43 bits per heavy atom. The van der Waals surface area contributed by atoms with Gasteiger partial charge in [-0.1, -0.05) is 31.7 Å². The third kappa shape index (κ3) is 4.33. The summed E-state index contributed by atoms with van der Waals surface area (Å²) in [5.41, 5.74) is 0.